The summed E-state index contributed by atoms with van der Waals surface area (Å²) < 4.78 is 1.68. The second-order valence-electron chi connectivity index (χ2n) is 7.12. The van der Waals surface area contributed by atoms with Gasteiger partial charge < -0.3 is 15.5 Å². The van der Waals surface area contributed by atoms with Crippen molar-refractivity contribution >= 4 is 11.6 Å². The molecule has 0 amide bonds. The first-order chi connectivity index (χ1) is 11.4. The highest BCUT2D eigenvalue weighted by molar-refractivity contribution is 6.30. The molecule has 0 bridgehead atoms. The molecule has 0 saturated carbocycles. The molecule has 2 heterocycles. The van der Waals surface area contributed by atoms with Gasteiger partial charge in [0.25, 0.3) is 0 Å². The Morgan fingerprint density at radius 1 is 1.33 bits per heavy atom. The molecule has 24 heavy (non-hydrogen) atoms. The molecule has 2 aromatic rings. The second kappa shape index (κ2) is 5.52. The van der Waals surface area contributed by atoms with Crippen molar-refractivity contribution in [3.8, 4) is 0 Å². The van der Waals surface area contributed by atoms with Gasteiger partial charge in [0.15, 0.2) is 0 Å². The third kappa shape index (κ3) is 2.29. The van der Waals surface area contributed by atoms with Crippen LogP contribution in [0.5, 0.6) is 0 Å². The van der Waals surface area contributed by atoms with Gasteiger partial charge in [-0.25, -0.2) is 0 Å². The maximum absolute atomic E-state index is 10.9. The van der Waals surface area contributed by atoms with Crippen LogP contribution in [0, 0.1) is 0 Å². The van der Waals surface area contributed by atoms with Crippen LogP contribution in [0.3, 0.4) is 0 Å². The first-order valence-corrected chi connectivity index (χ1v) is 8.57. The van der Waals surface area contributed by atoms with Crippen LogP contribution >= 0.6 is 11.6 Å². The Hall–Kier alpha value is -1.47. The molecule has 1 aromatic carbocycles. The van der Waals surface area contributed by atoms with Crippen LogP contribution in [-0.2, 0) is 12.5 Å². The molecule has 1 aromatic heterocycles. The average Bonchev–Trinajstić information content (AvgIpc) is 3.05. The van der Waals surface area contributed by atoms with E-state index in [2.05, 4.69) is 22.6 Å². The molecule has 1 fully saturated rings. The van der Waals surface area contributed by atoms with Crippen molar-refractivity contribution in [2.75, 3.05) is 0 Å². The van der Waals surface area contributed by atoms with Crippen molar-refractivity contribution in [3.05, 3.63) is 46.2 Å². The SMILES string of the molecule is C[C@H]1CC2(C[C@@H](c3cn(C)nn3)N1)c1ccc(Cl)cc1C(O)C2O. The number of hydrogen-bond donors (Lipinski definition) is 3. The van der Waals surface area contributed by atoms with Gasteiger partial charge in [-0.2, -0.15) is 0 Å². The number of fused-ring (bicyclic) bond motifs is 2. The average molecular weight is 349 g/mol. The van der Waals surface area contributed by atoms with Gasteiger partial charge in [-0.3, -0.25) is 4.68 Å². The number of aliphatic hydroxyl groups is 2. The van der Waals surface area contributed by atoms with Crippen LogP contribution in [0.15, 0.2) is 24.4 Å². The maximum Gasteiger partial charge on any atom is 0.106 e. The van der Waals surface area contributed by atoms with Crippen molar-refractivity contribution in [3.63, 3.8) is 0 Å². The van der Waals surface area contributed by atoms with E-state index in [1.54, 1.807) is 10.7 Å². The van der Waals surface area contributed by atoms with Crippen LogP contribution < -0.4 is 5.32 Å². The van der Waals surface area contributed by atoms with Gasteiger partial charge in [0.1, 0.15) is 6.10 Å². The third-order valence-electron chi connectivity index (χ3n) is 5.44. The number of benzene rings is 1. The predicted molar refractivity (Wildman–Crippen MR) is 89.7 cm³/mol. The fourth-order valence-corrected chi connectivity index (χ4v) is 4.68. The molecule has 0 radical (unpaired) electrons. The van der Waals surface area contributed by atoms with E-state index in [0.717, 1.165) is 23.2 Å². The molecule has 128 valence electrons. The number of hydrogen-bond acceptors (Lipinski definition) is 5. The first-order valence-electron chi connectivity index (χ1n) is 8.19. The van der Waals surface area contributed by atoms with E-state index >= 15 is 0 Å². The van der Waals surface area contributed by atoms with E-state index < -0.39 is 17.6 Å². The van der Waals surface area contributed by atoms with E-state index in [1.807, 2.05) is 25.4 Å². The van der Waals surface area contributed by atoms with Crippen molar-refractivity contribution in [1.29, 1.82) is 0 Å². The highest BCUT2D eigenvalue weighted by atomic mass is 35.5. The standard InChI is InChI=1S/C17H21ClN4O2/c1-9-6-17(7-13(19-9)14-8-22(2)21-20-14)12-4-3-10(18)5-11(12)15(23)16(17)24/h3-5,8-9,13,15-16,19,23-24H,6-7H2,1-2H3/t9-,13-,15?,16?,17?/m0/s1. The minimum absolute atomic E-state index is 0.0223. The van der Waals surface area contributed by atoms with E-state index in [-0.39, 0.29) is 12.1 Å². The molecular formula is C17H21ClN4O2. The van der Waals surface area contributed by atoms with Crippen molar-refractivity contribution in [1.82, 2.24) is 20.3 Å². The molecule has 1 aliphatic carbocycles. The number of piperidine rings is 1. The minimum atomic E-state index is -0.911. The summed E-state index contributed by atoms with van der Waals surface area (Å²) in [5.41, 5.74) is 2.08. The van der Waals surface area contributed by atoms with E-state index in [1.165, 1.54) is 0 Å². The highest BCUT2D eigenvalue weighted by Gasteiger charge is 2.54. The number of rotatable bonds is 1. The number of aliphatic hydroxyl groups excluding tert-OH is 2. The lowest BCUT2D eigenvalue weighted by Gasteiger charge is -2.44. The maximum atomic E-state index is 10.9. The van der Waals surface area contributed by atoms with Crippen LogP contribution in [-0.4, -0.2) is 37.4 Å². The lowest BCUT2D eigenvalue weighted by molar-refractivity contribution is -0.0351. The van der Waals surface area contributed by atoms with Gasteiger partial charge in [-0.05, 0) is 43.0 Å². The zero-order chi connectivity index (χ0) is 17.1. The predicted octanol–water partition coefficient (Wildman–Crippen LogP) is 1.63. The fraction of sp³-hybridized carbons (Fsp3) is 0.529. The molecule has 4 rings (SSSR count). The van der Waals surface area contributed by atoms with Gasteiger partial charge in [0.2, 0.25) is 0 Å². The Balaban J connectivity index is 1.79. The van der Waals surface area contributed by atoms with Gasteiger partial charge >= 0.3 is 0 Å². The minimum Gasteiger partial charge on any atom is -0.389 e. The zero-order valence-electron chi connectivity index (χ0n) is 13.6. The lowest BCUT2D eigenvalue weighted by atomic mass is 9.68. The quantitative estimate of drug-likeness (QED) is 0.729. The first kappa shape index (κ1) is 16.0. The summed E-state index contributed by atoms with van der Waals surface area (Å²) in [4.78, 5) is 0. The van der Waals surface area contributed by atoms with Gasteiger partial charge in [-0.1, -0.05) is 22.9 Å². The number of halogens is 1. The largest absolute Gasteiger partial charge is 0.389 e. The zero-order valence-corrected chi connectivity index (χ0v) is 14.4. The number of aryl methyl sites for hydroxylation is 1. The summed E-state index contributed by atoms with van der Waals surface area (Å²) in [6.07, 6.45) is 1.53. The molecule has 6 nitrogen and oxygen atoms in total. The van der Waals surface area contributed by atoms with Crippen LogP contribution in [0.4, 0.5) is 0 Å². The van der Waals surface area contributed by atoms with Gasteiger partial charge in [0, 0.05) is 29.7 Å². The molecule has 1 saturated heterocycles. The third-order valence-corrected chi connectivity index (χ3v) is 5.67. The Kier molecular flexibility index (Phi) is 3.69. The Morgan fingerprint density at radius 3 is 2.83 bits per heavy atom. The Labute approximate surface area is 145 Å². The summed E-state index contributed by atoms with van der Waals surface area (Å²) in [6, 6.07) is 5.70. The lowest BCUT2D eigenvalue weighted by Crippen LogP contribution is -2.51. The summed E-state index contributed by atoms with van der Waals surface area (Å²) >= 11 is 6.09. The Morgan fingerprint density at radius 2 is 2.12 bits per heavy atom. The Bertz CT molecular complexity index is 780. The van der Waals surface area contributed by atoms with Crippen molar-refractivity contribution in [2.24, 2.45) is 7.05 Å². The molecule has 2 aliphatic rings. The van der Waals surface area contributed by atoms with Gasteiger partial charge in [-0.15, -0.1) is 5.10 Å². The summed E-state index contributed by atoms with van der Waals surface area (Å²) in [5, 5.41) is 33.8. The number of aromatic nitrogens is 3. The summed E-state index contributed by atoms with van der Waals surface area (Å²) in [6.45, 7) is 2.09. The summed E-state index contributed by atoms with van der Waals surface area (Å²) in [5.74, 6) is 0. The van der Waals surface area contributed by atoms with Crippen LogP contribution in [0.2, 0.25) is 5.02 Å². The van der Waals surface area contributed by atoms with Crippen LogP contribution in [0.25, 0.3) is 0 Å². The summed E-state index contributed by atoms with van der Waals surface area (Å²) in [7, 11) is 1.84. The number of nitrogens with zero attached hydrogens (tertiary/aromatic N) is 3. The fourth-order valence-electron chi connectivity index (χ4n) is 4.49. The second-order valence-corrected chi connectivity index (χ2v) is 7.56. The molecule has 5 atom stereocenters. The smallest absolute Gasteiger partial charge is 0.106 e. The van der Waals surface area contributed by atoms with Crippen molar-refractivity contribution in [2.45, 2.75) is 49.5 Å². The molecule has 1 spiro atoms. The monoisotopic (exact) mass is 348 g/mol. The van der Waals surface area contributed by atoms with Crippen LogP contribution in [0.1, 0.15) is 48.7 Å². The molecule has 1 aliphatic heterocycles. The molecule has 7 heteroatoms. The molecule has 3 unspecified atom stereocenters. The normalized spacial score (nSPS) is 35.4. The van der Waals surface area contributed by atoms with E-state index in [9.17, 15) is 10.2 Å². The van der Waals surface area contributed by atoms with Crippen molar-refractivity contribution < 1.29 is 10.2 Å². The van der Waals surface area contributed by atoms with Gasteiger partial charge in [0.05, 0.1) is 17.8 Å². The van der Waals surface area contributed by atoms with E-state index in [0.29, 0.717) is 11.4 Å². The van der Waals surface area contributed by atoms with E-state index in [4.69, 9.17) is 11.6 Å². The molecular weight excluding hydrogens is 328 g/mol. The molecule has 3 N–H and O–H groups in total. The topological polar surface area (TPSA) is 83.2 Å². The number of nitrogens with one attached hydrogen (secondary N) is 1. The highest BCUT2D eigenvalue weighted by Crippen LogP contribution is 2.54.